The molecule has 3 heterocycles. The molecule has 0 aromatic carbocycles. The van der Waals surface area contributed by atoms with Crippen LogP contribution >= 0.6 is 0 Å². The first-order valence-electron chi connectivity index (χ1n) is 7.91. The fraction of sp³-hybridized carbons (Fsp3) is 0.562. The maximum absolute atomic E-state index is 12.4. The number of amides is 1. The van der Waals surface area contributed by atoms with Gasteiger partial charge in [-0.2, -0.15) is 0 Å². The molecule has 118 valence electrons. The molecule has 0 fully saturated rings. The van der Waals surface area contributed by atoms with Gasteiger partial charge in [-0.3, -0.25) is 4.79 Å². The van der Waals surface area contributed by atoms with E-state index in [9.17, 15) is 4.79 Å². The van der Waals surface area contributed by atoms with Crippen molar-refractivity contribution in [1.82, 2.24) is 24.8 Å². The van der Waals surface area contributed by atoms with E-state index in [0.717, 1.165) is 36.7 Å². The van der Waals surface area contributed by atoms with Crippen molar-refractivity contribution in [3.63, 3.8) is 0 Å². The summed E-state index contributed by atoms with van der Waals surface area (Å²) in [6, 6.07) is 0. The van der Waals surface area contributed by atoms with Crippen LogP contribution in [0.15, 0.2) is 12.4 Å². The van der Waals surface area contributed by atoms with Crippen molar-refractivity contribution < 1.29 is 4.79 Å². The lowest BCUT2D eigenvalue weighted by Gasteiger charge is -2.21. The molecule has 0 aliphatic carbocycles. The van der Waals surface area contributed by atoms with Crippen LogP contribution in [0.25, 0.3) is 0 Å². The lowest BCUT2D eigenvalue weighted by molar-refractivity contribution is 0.0939. The summed E-state index contributed by atoms with van der Waals surface area (Å²) >= 11 is 0. The zero-order valence-electron chi connectivity index (χ0n) is 13.4. The molecule has 0 saturated carbocycles. The molecular weight excluding hydrogens is 278 g/mol. The number of aryl methyl sites for hydroxylation is 1. The monoisotopic (exact) mass is 301 g/mol. The van der Waals surface area contributed by atoms with Crippen LogP contribution in [0.2, 0.25) is 0 Å². The Bertz CT molecular complexity index is 670. The van der Waals surface area contributed by atoms with E-state index in [1.54, 1.807) is 12.4 Å². The van der Waals surface area contributed by atoms with Crippen molar-refractivity contribution in [3.8, 4) is 0 Å². The van der Waals surface area contributed by atoms with Gasteiger partial charge in [0.05, 0.1) is 24.6 Å². The Morgan fingerprint density at radius 2 is 2.27 bits per heavy atom. The number of nitrogens with one attached hydrogen (secondary N) is 2. The van der Waals surface area contributed by atoms with E-state index in [-0.39, 0.29) is 5.91 Å². The number of carbonyl (C=O) groups is 1. The van der Waals surface area contributed by atoms with Gasteiger partial charge in [0, 0.05) is 18.9 Å². The molecule has 6 nitrogen and oxygen atoms in total. The molecule has 2 aromatic rings. The average molecular weight is 301 g/mol. The summed E-state index contributed by atoms with van der Waals surface area (Å²) in [7, 11) is 0. The lowest BCUT2D eigenvalue weighted by Crippen LogP contribution is -2.28. The van der Waals surface area contributed by atoms with Crippen LogP contribution in [0, 0.1) is 5.92 Å². The van der Waals surface area contributed by atoms with Crippen LogP contribution in [-0.4, -0.2) is 25.4 Å². The molecule has 3 rings (SSSR count). The molecule has 0 spiro atoms. The van der Waals surface area contributed by atoms with Gasteiger partial charge in [-0.05, 0) is 12.3 Å². The molecule has 2 N–H and O–H groups in total. The fourth-order valence-electron chi connectivity index (χ4n) is 2.80. The molecule has 1 aliphatic heterocycles. The van der Waals surface area contributed by atoms with Crippen molar-refractivity contribution in [1.29, 1.82) is 0 Å². The van der Waals surface area contributed by atoms with Crippen molar-refractivity contribution in [3.05, 3.63) is 35.4 Å². The second kappa shape index (κ2) is 5.94. The zero-order valence-corrected chi connectivity index (χ0v) is 13.4. The largest absolute Gasteiger partial charge is 0.345 e. The number of H-pyrrole nitrogens is 1. The molecule has 2 aromatic heterocycles. The number of aromatic nitrogens is 4. The standard InChI is InChI=1S/C16H23N5O/c1-10(2)15-18-6-12(20-15)7-19-16(22)13-8-17-14-5-4-11(3)9-21(13)14/h6,8,10-11H,4-5,7,9H2,1-3H3,(H,18,20)(H,19,22). The summed E-state index contributed by atoms with van der Waals surface area (Å²) in [6.45, 7) is 7.71. The Morgan fingerprint density at radius 1 is 1.45 bits per heavy atom. The molecule has 0 bridgehead atoms. The van der Waals surface area contributed by atoms with E-state index >= 15 is 0 Å². The summed E-state index contributed by atoms with van der Waals surface area (Å²) in [4.78, 5) is 24.3. The van der Waals surface area contributed by atoms with E-state index in [0.29, 0.717) is 24.1 Å². The minimum absolute atomic E-state index is 0.0754. The van der Waals surface area contributed by atoms with Crippen LogP contribution < -0.4 is 5.32 Å². The van der Waals surface area contributed by atoms with E-state index < -0.39 is 0 Å². The molecule has 1 aliphatic rings. The van der Waals surface area contributed by atoms with Gasteiger partial charge in [0.15, 0.2) is 0 Å². The van der Waals surface area contributed by atoms with Crippen LogP contribution in [0.1, 0.15) is 60.9 Å². The van der Waals surface area contributed by atoms with Gasteiger partial charge >= 0.3 is 0 Å². The fourth-order valence-corrected chi connectivity index (χ4v) is 2.80. The maximum Gasteiger partial charge on any atom is 0.269 e. The average Bonchev–Trinajstić information content (AvgIpc) is 3.11. The van der Waals surface area contributed by atoms with E-state index in [1.807, 2.05) is 0 Å². The minimum Gasteiger partial charge on any atom is -0.345 e. The highest BCUT2D eigenvalue weighted by atomic mass is 16.2. The van der Waals surface area contributed by atoms with E-state index in [2.05, 4.69) is 45.6 Å². The van der Waals surface area contributed by atoms with E-state index in [1.165, 1.54) is 0 Å². The van der Waals surface area contributed by atoms with Crippen molar-refractivity contribution in [2.24, 2.45) is 5.92 Å². The third kappa shape index (κ3) is 2.91. The molecule has 1 atom stereocenters. The first kappa shape index (κ1) is 14.8. The maximum atomic E-state index is 12.4. The highest BCUT2D eigenvalue weighted by Crippen LogP contribution is 2.20. The molecular formula is C16H23N5O. The quantitative estimate of drug-likeness (QED) is 0.909. The third-order valence-corrected chi connectivity index (χ3v) is 4.16. The highest BCUT2D eigenvalue weighted by molar-refractivity contribution is 5.92. The van der Waals surface area contributed by atoms with Crippen molar-refractivity contribution >= 4 is 5.91 Å². The number of rotatable bonds is 4. The summed E-state index contributed by atoms with van der Waals surface area (Å²) in [5, 5.41) is 2.95. The smallest absolute Gasteiger partial charge is 0.269 e. The number of hydrogen-bond donors (Lipinski definition) is 2. The first-order valence-corrected chi connectivity index (χ1v) is 7.91. The number of carbonyl (C=O) groups excluding carboxylic acids is 1. The van der Waals surface area contributed by atoms with Crippen LogP contribution in [0.4, 0.5) is 0 Å². The molecule has 0 saturated heterocycles. The lowest BCUT2D eigenvalue weighted by atomic mass is 10.0. The number of imidazole rings is 2. The number of hydrogen-bond acceptors (Lipinski definition) is 3. The van der Waals surface area contributed by atoms with Crippen molar-refractivity contribution in [2.45, 2.75) is 52.6 Å². The first-order chi connectivity index (χ1) is 10.5. The summed E-state index contributed by atoms with van der Waals surface area (Å²) < 4.78 is 2.05. The number of nitrogens with zero attached hydrogens (tertiary/aromatic N) is 3. The molecule has 1 unspecified atom stereocenters. The Balaban J connectivity index is 1.66. The van der Waals surface area contributed by atoms with Crippen LogP contribution in [0.3, 0.4) is 0 Å². The predicted octanol–water partition coefficient (Wildman–Crippen LogP) is 2.24. The van der Waals surface area contributed by atoms with Gasteiger partial charge in [0.2, 0.25) is 0 Å². The van der Waals surface area contributed by atoms with Crippen LogP contribution in [0.5, 0.6) is 0 Å². The van der Waals surface area contributed by atoms with E-state index in [4.69, 9.17) is 0 Å². The molecule has 6 heteroatoms. The van der Waals surface area contributed by atoms with Crippen molar-refractivity contribution in [2.75, 3.05) is 0 Å². The molecule has 0 radical (unpaired) electrons. The third-order valence-electron chi connectivity index (χ3n) is 4.16. The minimum atomic E-state index is -0.0754. The predicted molar refractivity (Wildman–Crippen MR) is 83.6 cm³/mol. The zero-order chi connectivity index (χ0) is 15.7. The Hall–Kier alpha value is -2.11. The van der Waals surface area contributed by atoms with Gasteiger partial charge in [-0.1, -0.05) is 20.8 Å². The SMILES string of the molecule is CC1CCc2ncc(C(=O)NCc3cnc(C(C)C)[nH]3)n2C1. The summed E-state index contributed by atoms with van der Waals surface area (Å²) in [5.41, 5.74) is 1.58. The van der Waals surface area contributed by atoms with Gasteiger partial charge in [-0.25, -0.2) is 9.97 Å². The summed E-state index contributed by atoms with van der Waals surface area (Å²) in [6.07, 6.45) is 5.57. The summed E-state index contributed by atoms with van der Waals surface area (Å²) in [5.74, 6) is 2.84. The van der Waals surface area contributed by atoms with Gasteiger partial charge in [0.1, 0.15) is 17.3 Å². The Kier molecular flexibility index (Phi) is 4.00. The molecule has 22 heavy (non-hydrogen) atoms. The normalized spacial score (nSPS) is 17.5. The Labute approximate surface area is 130 Å². The number of fused-ring (bicyclic) bond motifs is 1. The second-order valence-corrected chi connectivity index (χ2v) is 6.45. The van der Waals surface area contributed by atoms with Crippen LogP contribution in [-0.2, 0) is 19.5 Å². The second-order valence-electron chi connectivity index (χ2n) is 6.45. The number of aromatic amines is 1. The Morgan fingerprint density at radius 3 is 3.00 bits per heavy atom. The van der Waals surface area contributed by atoms with Gasteiger partial charge in [0.25, 0.3) is 5.91 Å². The molecule has 1 amide bonds. The highest BCUT2D eigenvalue weighted by Gasteiger charge is 2.22. The van der Waals surface area contributed by atoms with Gasteiger partial charge in [-0.15, -0.1) is 0 Å². The topological polar surface area (TPSA) is 75.6 Å². The van der Waals surface area contributed by atoms with Gasteiger partial charge < -0.3 is 14.9 Å².